The Morgan fingerprint density at radius 2 is 1.85 bits per heavy atom. The minimum atomic E-state index is -0.754. The van der Waals surface area contributed by atoms with Gasteiger partial charge >= 0.3 is 0 Å². The summed E-state index contributed by atoms with van der Waals surface area (Å²) < 4.78 is 0. The van der Waals surface area contributed by atoms with Crippen LogP contribution in [0.4, 0.5) is 5.69 Å². The van der Waals surface area contributed by atoms with Gasteiger partial charge in [-0.2, -0.15) is 0 Å². The standard InChI is InChI=1S/C14H19N3O2.ClH/c1-9-8-10(4-5-11(9)12(15)18)17-13(19)14(16)6-2-3-7-14;/h4-5,8H,2-3,6-7,16H2,1H3,(H2,15,18)(H,17,19);1H. The van der Waals surface area contributed by atoms with Crippen LogP contribution in [0.2, 0.25) is 0 Å². The molecule has 0 spiro atoms. The molecule has 1 aromatic rings. The van der Waals surface area contributed by atoms with Crippen molar-refractivity contribution in [3.8, 4) is 0 Å². The smallest absolute Gasteiger partial charge is 0.248 e. The Bertz CT molecular complexity index is 525. The summed E-state index contributed by atoms with van der Waals surface area (Å²) in [6, 6.07) is 5.02. The first kappa shape index (κ1) is 16.5. The molecule has 1 aromatic carbocycles. The van der Waals surface area contributed by atoms with E-state index >= 15 is 0 Å². The van der Waals surface area contributed by atoms with E-state index in [9.17, 15) is 9.59 Å². The summed E-state index contributed by atoms with van der Waals surface area (Å²) in [6.07, 6.45) is 3.42. The van der Waals surface area contributed by atoms with E-state index in [2.05, 4.69) is 5.32 Å². The van der Waals surface area contributed by atoms with E-state index in [-0.39, 0.29) is 18.3 Å². The lowest BCUT2D eigenvalue weighted by molar-refractivity contribution is -0.121. The van der Waals surface area contributed by atoms with Crippen molar-refractivity contribution < 1.29 is 9.59 Å². The summed E-state index contributed by atoms with van der Waals surface area (Å²) in [7, 11) is 0. The van der Waals surface area contributed by atoms with Crippen LogP contribution in [0.1, 0.15) is 41.6 Å². The largest absolute Gasteiger partial charge is 0.366 e. The highest BCUT2D eigenvalue weighted by molar-refractivity contribution is 5.99. The molecule has 5 N–H and O–H groups in total. The van der Waals surface area contributed by atoms with Gasteiger partial charge in [-0.25, -0.2) is 0 Å². The quantitative estimate of drug-likeness (QED) is 0.792. The van der Waals surface area contributed by atoms with E-state index in [4.69, 9.17) is 11.5 Å². The van der Waals surface area contributed by atoms with Crippen LogP contribution in [0.3, 0.4) is 0 Å². The van der Waals surface area contributed by atoms with Crippen molar-refractivity contribution >= 4 is 29.9 Å². The highest BCUT2D eigenvalue weighted by atomic mass is 35.5. The molecule has 0 saturated heterocycles. The van der Waals surface area contributed by atoms with Gasteiger partial charge in [0.1, 0.15) is 0 Å². The van der Waals surface area contributed by atoms with Crippen LogP contribution in [-0.4, -0.2) is 17.4 Å². The van der Waals surface area contributed by atoms with Gasteiger partial charge in [0.25, 0.3) is 0 Å². The van der Waals surface area contributed by atoms with Crippen LogP contribution in [0.15, 0.2) is 18.2 Å². The average molecular weight is 298 g/mol. The Hall–Kier alpha value is -1.59. The fourth-order valence-electron chi connectivity index (χ4n) is 2.51. The van der Waals surface area contributed by atoms with E-state index in [1.807, 2.05) is 0 Å². The number of primary amides is 1. The summed E-state index contributed by atoms with van der Waals surface area (Å²) in [6.45, 7) is 1.78. The van der Waals surface area contributed by atoms with E-state index in [0.29, 0.717) is 11.3 Å². The number of hydrogen-bond donors (Lipinski definition) is 3. The zero-order valence-electron chi connectivity index (χ0n) is 11.4. The Morgan fingerprint density at radius 1 is 1.25 bits per heavy atom. The van der Waals surface area contributed by atoms with Crippen molar-refractivity contribution in [2.45, 2.75) is 38.1 Å². The van der Waals surface area contributed by atoms with Crippen LogP contribution < -0.4 is 16.8 Å². The molecule has 5 nitrogen and oxygen atoms in total. The van der Waals surface area contributed by atoms with E-state index in [0.717, 1.165) is 31.2 Å². The lowest BCUT2D eigenvalue weighted by Crippen LogP contribution is -2.48. The van der Waals surface area contributed by atoms with Crippen molar-refractivity contribution in [3.05, 3.63) is 29.3 Å². The topological polar surface area (TPSA) is 98.2 Å². The molecule has 2 amide bonds. The summed E-state index contributed by atoms with van der Waals surface area (Å²) >= 11 is 0. The second kappa shape index (κ2) is 6.24. The second-order valence-corrected chi connectivity index (χ2v) is 5.21. The number of rotatable bonds is 3. The minimum absolute atomic E-state index is 0. The lowest BCUT2D eigenvalue weighted by atomic mass is 9.98. The first-order chi connectivity index (χ1) is 8.92. The van der Waals surface area contributed by atoms with Crippen molar-refractivity contribution in [3.63, 3.8) is 0 Å². The number of amides is 2. The average Bonchev–Trinajstić information content (AvgIpc) is 2.77. The SMILES string of the molecule is Cc1cc(NC(=O)C2(N)CCCC2)ccc1C(N)=O.Cl. The third-order valence-corrected chi connectivity index (χ3v) is 3.70. The fourth-order valence-corrected chi connectivity index (χ4v) is 2.51. The Balaban J connectivity index is 0.00000200. The maximum absolute atomic E-state index is 12.1. The monoisotopic (exact) mass is 297 g/mol. The molecule has 6 heteroatoms. The normalized spacial score (nSPS) is 16.3. The first-order valence-corrected chi connectivity index (χ1v) is 6.43. The lowest BCUT2D eigenvalue weighted by Gasteiger charge is -2.22. The number of carbonyl (C=O) groups excluding carboxylic acids is 2. The van der Waals surface area contributed by atoms with E-state index in [1.54, 1.807) is 25.1 Å². The molecule has 20 heavy (non-hydrogen) atoms. The molecule has 0 atom stereocenters. The number of halogens is 1. The first-order valence-electron chi connectivity index (χ1n) is 6.43. The number of nitrogens with two attached hydrogens (primary N) is 2. The van der Waals surface area contributed by atoms with Gasteiger partial charge < -0.3 is 16.8 Å². The molecule has 1 fully saturated rings. The molecular formula is C14H20ClN3O2. The molecule has 2 rings (SSSR count). The molecule has 1 saturated carbocycles. The van der Waals surface area contributed by atoms with Crippen molar-refractivity contribution in [2.24, 2.45) is 11.5 Å². The third-order valence-electron chi connectivity index (χ3n) is 3.70. The van der Waals surface area contributed by atoms with Crippen molar-refractivity contribution in [1.29, 1.82) is 0 Å². The summed E-state index contributed by atoms with van der Waals surface area (Å²) in [4.78, 5) is 23.3. The van der Waals surface area contributed by atoms with Gasteiger partial charge in [-0.05, 0) is 43.5 Å². The molecule has 110 valence electrons. The van der Waals surface area contributed by atoms with Gasteiger partial charge in [-0.1, -0.05) is 12.8 Å². The van der Waals surface area contributed by atoms with Crippen LogP contribution >= 0.6 is 12.4 Å². The highest BCUT2D eigenvalue weighted by Gasteiger charge is 2.36. The third kappa shape index (κ3) is 3.29. The van der Waals surface area contributed by atoms with Gasteiger partial charge in [0.15, 0.2) is 0 Å². The van der Waals surface area contributed by atoms with Gasteiger partial charge in [0.2, 0.25) is 11.8 Å². The maximum Gasteiger partial charge on any atom is 0.248 e. The Kier molecular flexibility index (Phi) is 5.14. The predicted octanol–water partition coefficient (Wildman–Crippen LogP) is 1.73. The molecule has 0 bridgehead atoms. The van der Waals surface area contributed by atoms with Crippen LogP contribution in [0.5, 0.6) is 0 Å². The molecular weight excluding hydrogens is 278 g/mol. The molecule has 0 aromatic heterocycles. The van der Waals surface area contributed by atoms with Gasteiger partial charge in [0.05, 0.1) is 5.54 Å². The maximum atomic E-state index is 12.1. The molecule has 0 radical (unpaired) electrons. The van der Waals surface area contributed by atoms with Gasteiger partial charge in [-0.15, -0.1) is 12.4 Å². The predicted molar refractivity (Wildman–Crippen MR) is 81.0 cm³/mol. The summed E-state index contributed by atoms with van der Waals surface area (Å²) in [5.74, 6) is -0.627. The second-order valence-electron chi connectivity index (χ2n) is 5.21. The minimum Gasteiger partial charge on any atom is -0.366 e. The number of benzene rings is 1. The summed E-state index contributed by atoms with van der Waals surface area (Å²) in [5.41, 5.74) is 12.4. The number of hydrogen-bond acceptors (Lipinski definition) is 3. The number of anilines is 1. The Morgan fingerprint density at radius 3 is 2.35 bits per heavy atom. The van der Waals surface area contributed by atoms with Crippen LogP contribution in [-0.2, 0) is 4.79 Å². The molecule has 0 unspecified atom stereocenters. The van der Waals surface area contributed by atoms with Gasteiger partial charge in [-0.3, -0.25) is 9.59 Å². The van der Waals surface area contributed by atoms with Crippen LogP contribution in [0.25, 0.3) is 0 Å². The molecule has 1 aliphatic carbocycles. The molecule has 0 heterocycles. The molecule has 1 aliphatic rings. The summed E-state index contributed by atoms with van der Waals surface area (Å²) in [5, 5.41) is 2.82. The Labute approximate surface area is 124 Å². The zero-order valence-corrected chi connectivity index (χ0v) is 12.3. The number of aryl methyl sites for hydroxylation is 1. The number of carbonyl (C=O) groups is 2. The van der Waals surface area contributed by atoms with Gasteiger partial charge in [0, 0.05) is 11.3 Å². The van der Waals surface area contributed by atoms with Crippen molar-refractivity contribution in [2.75, 3.05) is 5.32 Å². The fraction of sp³-hybridized carbons (Fsp3) is 0.429. The zero-order chi connectivity index (χ0) is 14.0. The van der Waals surface area contributed by atoms with E-state index in [1.165, 1.54) is 0 Å². The number of nitrogens with one attached hydrogen (secondary N) is 1. The van der Waals surface area contributed by atoms with Crippen LogP contribution in [0, 0.1) is 6.92 Å². The van der Waals surface area contributed by atoms with E-state index < -0.39 is 11.4 Å². The van der Waals surface area contributed by atoms with Crippen molar-refractivity contribution in [1.82, 2.24) is 0 Å². The highest BCUT2D eigenvalue weighted by Crippen LogP contribution is 2.28. The molecule has 0 aliphatic heterocycles.